The zero-order valence-corrected chi connectivity index (χ0v) is 15.5. The van der Waals surface area contributed by atoms with Crippen LogP contribution in [0.2, 0.25) is 0 Å². The Bertz CT molecular complexity index is 1180. The third-order valence-corrected chi connectivity index (χ3v) is 4.84. The molecule has 2 N–H and O–H groups in total. The number of carbonyl (C=O) groups is 1. The predicted octanol–water partition coefficient (Wildman–Crippen LogP) is 2.66. The fourth-order valence-electron chi connectivity index (χ4n) is 3.33. The minimum atomic E-state index is 0.0448. The molecule has 0 fully saturated rings. The second kappa shape index (κ2) is 7.19. The van der Waals surface area contributed by atoms with E-state index in [0.29, 0.717) is 23.6 Å². The lowest BCUT2D eigenvalue weighted by atomic mass is 10.1. The van der Waals surface area contributed by atoms with Crippen LogP contribution >= 0.6 is 0 Å². The molecule has 144 valence electrons. The van der Waals surface area contributed by atoms with E-state index in [-0.39, 0.29) is 5.91 Å². The van der Waals surface area contributed by atoms with Crippen LogP contribution in [0, 0.1) is 0 Å². The fourth-order valence-corrected chi connectivity index (χ4v) is 3.33. The first kappa shape index (κ1) is 17.1. The molecule has 0 atom stereocenters. The SMILES string of the molecule is O=C(c1ccc(Nc2ncc(-c3cn[nH]c3)n3ncnc23)cc1)N1CC=CCC1. The Balaban J connectivity index is 1.39. The molecule has 0 aliphatic carbocycles. The number of H-pyrrole nitrogens is 1. The lowest BCUT2D eigenvalue weighted by molar-refractivity contribution is 0.0771. The summed E-state index contributed by atoms with van der Waals surface area (Å²) in [7, 11) is 0. The summed E-state index contributed by atoms with van der Waals surface area (Å²) >= 11 is 0. The number of nitrogens with one attached hydrogen (secondary N) is 2. The number of amides is 1. The molecule has 0 saturated heterocycles. The Hall–Kier alpha value is -4.01. The molecule has 1 aliphatic heterocycles. The van der Waals surface area contributed by atoms with E-state index in [1.54, 1.807) is 23.1 Å². The van der Waals surface area contributed by atoms with E-state index < -0.39 is 0 Å². The van der Waals surface area contributed by atoms with Gasteiger partial charge in [0.15, 0.2) is 11.5 Å². The maximum absolute atomic E-state index is 12.6. The van der Waals surface area contributed by atoms with Crippen LogP contribution in [-0.2, 0) is 0 Å². The average Bonchev–Trinajstić information content (AvgIpc) is 3.47. The van der Waals surface area contributed by atoms with Crippen molar-refractivity contribution in [3.8, 4) is 11.3 Å². The first-order valence-electron chi connectivity index (χ1n) is 9.29. The topological polar surface area (TPSA) is 104 Å². The van der Waals surface area contributed by atoms with Gasteiger partial charge < -0.3 is 10.2 Å². The highest BCUT2D eigenvalue weighted by atomic mass is 16.2. The van der Waals surface area contributed by atoms with Crippen molar-refractivity contribution in [1.29, 1.82) is 0 Å². The standard InChI is InChI=1S/C20H18N8O/c29-20(27-8-2-1-3-9-27)14-4-6-16(7-5-14)26-18-19-22-13-25-28(19)17(12-21-18)15-10-23-24-11-15/h1-2,4-7,10-13H,3,8-9H2,(H,21,26)(H,23,24). The molecule has 1 aliphatic rings. The molecule has 0 bridgehead atoms. The van der Waals surface area contributed by atoms with Gasteiger partial charge in [0.25, 0.3) is 5.91 Å². The second-order valence-corrected chi connectivity index (χ2v) is 6.69. The smallest absolute Gasteiger partial charge is 0.254 e. The first-order chi connectivity index (χ1) is 14.3. The third kappa shape index (κ3) is 3.22. The fraction of sp³-hybridized carbons (Fsp3) is 0.150. The van der Waals surface area contributed by atoms with Crippen LogP contribution in [0.25, 0.3) is 16.9 Å². The number of carbonyl (C=O) groups excluding carboxylic acids is 1. The minimum Gasteiger partial charge on any atom is -0.337 e. The van der Waals surface area contributed by atoms with E-state index in [1.807, 2.05) is 35.2 Å². The van der Waals surface area contributed by atoms with E-state index in [2.05, 4.69) is 36.7 Å². The van der Waals surface area contributed by atoms with Gasteiger partial charge in [-0.3, -0.25) is 9.89 Å². The van der Waals surface area contributed by atoms with Crippen molar-refractivity contribution >= 4 is 23.1 Å². The molecule has 9 nitrogen and oxygen atoms in total. The summed E-state index contributed by atoms with van der Waals surface area (Å²) < 4.78 is 1.71. The van der Waals surface area contributed by atoms with Gasteiger partial charge in [-0.05, 0) is 30.7 Å². The van der Waals surface area contributed by atoms with Crippen LogP contribution in [0.5, 0.6) is 0 Å². The maximum atomic E-state index is 12.6. The van der Waals surface area contributed by atoms with E-state index >= 15 is 0 Å². The second-order valence-electron chi connectivity index (χ2n) is 6.69. The van der Waals surface area contributed by atoms with Gasteiger partial charge in [0.1, 0.15) is 6.33 Å². The van der Waals surface area contributed by atoms with E-state index in [4.69, 9.17) is 0 Å². The lowest BCUT2D eigenvalue weighted by Crippen LogP contribution is -2.33. The molecule has 4 aromatic rings. The number of aromatic amines is 1. The Kier molecular flexibility index (Phi) is 4.24. The molecule has 29 heavy (non-hydrogen) atoms. The molecule has 0 spiro atoms. The van der Waals surface area contributed by atoms with Crippen molar-refractivity contribution in [1.82, 2.24) is 34.7 Å². The van der Waals surface area contributed by atoms with Crippen LogP contribution in [0.15, 0.2) is 61.3 Å². The van der Waals surface area contributed by atoms with Crippen LogP contribution in [0.1, 0.15) is 16.8 Å². The van der Waals surface area contributed by atoms with Crippen molar-refractivity contribution in [2.24, 2.45) is 0 Å². The van der Waals surface area contributed by atoms with Gasteiger partial charge in [-0.1, -0.05) is 12.2 Å². The van der Waals surface area contributed by atoms with Crippen LogP contribution in [-0.4, -0.2) is 53.7 Å². The Morgan fingerprint density at radius 3 is 2.76 bits per heavy atom. The van der Waals surface area contributed by atoms with Crippen molar-refractivity contribution < 1.29 is 4.79 Å². The molecule has 1 amide bonds. The van der Waals surface area contributed by atoms with Crippen LogP contribution in [0.4, 0.5) is 11.5 Å². The van der Waals surface area contributed by atoms with Crippen molar-refractivity contribution in [3.05, 3.63) is 66.9 Å². The number of anilines is 2. The maximum Gasteiger partial charge on any atom is 0.254 e. The highest BCUT2D eigenvalue weighted by Crippen LogP contribution is 2.24. The molecular weight excluding hydrogens is 368 g/mol. The number of hydrogen-bond donors (Lipinski definition) is 2. The number of fused-ring (bicyclic) bond motifs is 1. The molecule has 5 rings (SSSR count). The van der Waals surface area contributed by atoms with Gasteiger partial charge >= 0.3 is 0 Å². The molecule has 4 heterocycles. The van der Waals surface area contributed by atoms with Gasteiger partial charge in [-0.2, -0.15) is 10.2 Å². The number of hydrogen-bond acceptors (Lipinski definition) is 6. The van der Waals surface area contributed by atoms with E-state index in [9.17, 15) is 4.79 Å². The Labute approximate surface area is 166 Å². The lowest BCUT2D eigenvalue weighted by Gasteiger charge is -2.23. The highest BCUT2D eigenvalue weighted by Gasteiger charge is 2.16. The number of rotatable bonds is 4. The summed E-state index contributed by atoms with van der Waals surface area (Å²) in [6.07, 6.45) is 11.7. The first-order valence-corrected chi connectivity index (χ1v) is 9.29. The van der Waals surface area contributed by atoms with Crippen LogP contribution < -0.4 is 5.32 Å². The normalized spacial score (nSPS) is 13.7. The third-order valence-electron chi connectivity index (χ3n) is 4.84. The molecule has 9 heteroatoms. The zero-order chi connectivity index (χ0) is 19.6. The average molecular weight is 386 g/mol. The molecular formula is C20H18N8O. The van der Waals surface area contributed by atoms with Gasteiger partial charge in [0.05, 0.1) is 18.1 Å². The molecule has 3 aromatic heterocycles. The minimum absolute atomic E-state index is 0.0448. The summed E-state index contributed by atoms with van der Waals surface area (Å²) in [6, 6.07) is 7.38. The van der Waals surface area contributed by atoms with Gasteiger partial charge in [-0.15, -0.1) is 0 Å². The Morgan fingerprint density at radius 2 is 2.00 bits per heavy atom. The van der Waals surface area contributed by atoms with Crippen molar-refractivity contribution in [2.45, 2.75) is 6.42 Å². The van der Waals surface area contributed by atoms with Gasteiger partial charge in [0, 0.05) is 36.1 Å². The van der Waals surface area contributed by atoms with E-state index in [0.717, 1.165) is 29.9 Å². The number of nitrogens with zero attached hydrogens (tertiary/aromatic N) is 6. The van der Waals surface area contributed by atoms with Gasteiger partial charge in [-0.25, -0.2) is 14.5 Å². The summed E-state index contributed by atoms with van der Waals surface area (Å²) in [6.45, 7) is 1.42. The molecule has 0 radical (unpaired) electrons. The van der Waals surface area contributed by atoms with Gasteiger partial charge in [0.2, 0.25) is 0 Å². The summed E-state index contributed by atoms with van der Waals surface area (Å²) in [5, 5.41) is 14.3. The summed E-state index contributed by atoms with van der Waals surface area (Å²) in [4.78, 5) is 23.3. The monoisotopic (exact) mass is 386 g/mol. The molecule has 0 unspecified atom stereocenters. The van der Waals surface area contributed by atoms with Crippen LogP contribution in [0.3, 0.4) is 0 Å². The molecule has 1 aromatic carbocycles. The summed E-state index contributed by atoms with van der Waals surface area (Å²) in [5.74, 6) is 0.623. The quantitative estimate of drug-likeness (QED) is 0.523. The number of benzene rings is 1. The summed E-state index contributed by atoms with van der Waals surface area (Å²) in [5.41, 5.74) is 3.74. The zero-order valence-electron chi connectivity index (χ0n) is 15.5. The Morgan fingerprint density at radius 1 is 1.10 bits per heavy atom. The predicted molar refractivity (Wildman–Crippen MR) is 108 cm³/mol. The highest BCUT2D eigenvalue weighted by molar-refractivity contribution is 5.94. The van der Waals surface area contributed by atoms with Crippen molar-refractivity contribution in [2.75, 3.05) is 18.4 Å². The largest absolute Gasteiger partial charge is 0.337 e. The molecule has 0 saturated carbocycles. The van der Waals surface area contributed by atoms with Crippen molar-refractivity contribution in [3.63, 3.8) is 0 Å². The number of aromatic nitrogens is 6. The van der Waals surface area contributed by atoms with E-state index in [1.165, 1.54) is 6.33 Å².